The van der Waals surface area contributed by atoms with Gasteiger partial charge in [0.15, 0.2) is 0 Å². The minimum absolute atomic E-state index is 0.467. The van der Waals surface area contributed by atoms with Crippen LogP contribution < -0.4 is 0 Å². The number of rotatable bonds is 0. The molecule has 1 heteroatoms. The molecule has 4 aliphatic rings. The Morgan fingerprint density at radius 3 is 2.75 bits per heavy atom. The maximum atomic E-state index is 3.88. The molecule has 0 aromatic rings. The first-order chi connectivity index (χ1) is 9.56. The molecule has 6 atom stereocenters. The fourth-order valence-corrected chi connectivity index (χ4v) is 7.03. The normalized spacial score (nSPS) is 53.9. The minimum atomic E-state index is 0.467. The first-order valence-electron chi connectivity index (χ1n) is 8.57. The van der Waals surface area contributed by atoms with Gasteiger partial charge in [-0.05, 0) is 78.5 Å². The molecular formula is C19H27Br. The maximum absolute atomic E-state index is 3.88. The van der Waals surface area contributed by atoms with Gasteiger partial charge in [0.1, 0.15) is 0 Å². The highest BCUT2D eigenvalue weighted by Crippen LogP contribution is 2.66. The van der Waals surface area contributed by atoms with E-state index in [1.54, 1.807) is 0 Å². The van der Waals surface area contributed by atoms with Gasteiger partial charge in [-0.1, -0.05) is 48.0 Å². The van der Waals surface area contributed by atoms with Crippen LogP contribution in [0.4, 0.5) is 0 Å². The van der Waals surface area contributed by atoms with E-state index in [1.165, 1.54) is 49.4 Å². The average Bonchev–Trinajstić information content (AvgIpc) is 2.74. The average molecular weight is 335 g/mol. The SMILES string of the molecule is C[C@]12CC=CC[C@@H]1CC[C@@H]1[C@@H]2CC[C@]2(C)C(Br)=CC[C@@H]12. The van der Waals surface area contributed by atoms with E-state index in [9.17, 15) is 0 Å². The first kappa shape index (κ1) is 13.6. The summed E-state index contributed by atoms with van der Waals surface area (Å²) in [6, 6.07) is 0. The number of hydrogen-bond acceptors (Lipinski definition) is 0. The highest BCUT2D eigenvalue weighted by atomic mass is 79.9. The molecule has 0 aliphatic heterocycles. The molecule has 2 fully saturated rings. The van der Waals surface area contributed by atoms with Gasteiger partial charge in [-0.2, -0.15) is 0 Å². The molecule has 0 heterocycles. The van der Waals surface area contributed by atoms with Crippen LogP contribution in [0.3, 0.4) is 0 Å². The van der Waals surface area contributed by atoms with Crippen molar-refractivity contribution in [2.24, 2.45) is 34.5 Å². The van der Waals surface area contributed by atoms with Crippen LogP contribution in [0.5, 0.6) is 0 Å². The number of halogens is 1. The van der Waals surface area contributed by atoms with Gasteiger partial charge in [0.05, 0.1) is 0 Å². The van der Waals surface area contributed by atoms with Gasteiger partial charge in [-0.25, -0.2) is 0 Å². The second-order valence-electron chi connectivity index (χ2n) is 8.31. The Morgan fingerprint density at radius 2 is 1.90 bits per heavy atom. The van der Waals surface area contributed by atoms with E-state index in [2.05, 4.69) is 48.0 Å². The Balaban J connectivity index is 1.67. The lowest BCUT2D eigenvalue weighted by Gasteiger charge is -2.59. The van der Waals surface area contributed by atoms with Crippen LogP contribution in [0.1, 0.15) is 58.8 Å². The summed E-state index contributed by atoms with van der Waals surface area (Å²) < 4.78 is 1.52. The molecule has 4 rings (SSSR count). The monoisotopic (exact) mass is 334 g/mol. The van der Waals surface area contributed by atoms with E-state index in [-0.39, 0.29) is 0 Å². The van der Waals surface area contributed by atoms with E-state index in [4.69, 9.17) is 0 Å². The first-order valence-corrected chi connectivity index (χ1v) is 9.36. The van der Waals surface area contributed by atoms with E-state index < -0.39 is 0 Å². The van der Waals surface area contributed by atoms with Crippen molar-refractivity contribution in [1.29, 1.82) is 0 Å². The number of hydrogen-bond donors (Lipinski definition) is 0. The van der Waals surface area contributed by atoms with Crippen LogP contribution in [0.2, 0.25) is 0 Å². The van der Waals surface area contributed by atoms with Crippen molar-refractivity contribution in [2.75, 3.05) is 0 Å². The van der Waals surface area contributed by atoms with Crippen LogP contribution in [0, 0.1) is 34.5 Å². The molecule has 0 nitrogen and oxygen atoms in total. The van der Waals surface area contributed by atoms with Gasteiger partial charge < -0.3 is 0 Å². The molecule has 0 spiro atoms. The van der Waals surface area contributed by atoms with Crippen LogP contribution in [-0.2, 0) is 0 Å². The lowest BCUT2D eigenvalue weighted by molar-refractivity contribution is -0.0807. The van der Waals surface area contributed by atoms with Gasteiger partial charge in [-0.15, -0.1) is 0 Å². The largest absolute Gasteiger partial charge is 0.0882 e. The molecule has 0 bridgehead atoms. The fraction of sp³-hybridized carbons (Fsp3) is 0.789. The quantitative estimate of drug-likeness (QED) is 0.470. The summed E-state index contributed by atoms with van der Waals surface area (Å²) in [5, 5.41) is 0. The van der Waals surface area contributed by atoms with Crippen molar-refractivity contribution in [3.05, 3.63) is 22.7 Å². The molecule has 4 aliphatic carbocycles. The molecule has 0 radical (unpaired) electrons. The predicted molar refractivity (Wildman–Crippen MR) is 88.6 cm³/mol. The summed E-state index contributed by atoms with van der Waals surface area (Å²) in [6.45, 7) is 5.15. The van der Waals surface area contributed by atoms with Gasteiger partial charge in [0.2, 0.25) is 0 Å². The third-order valence-electron chi connectivity index (χ3n) is 7.70. The second-order valence-corrected chi connectivity index (χ2v) is 9.17. The maximum Gasteiger partial charge on any atom is 0.00216 e. The Labute approximate surface area is 132 Å². The lowest BCUT2D eigenvalue weighted by Crippen LogP contribution is -2.51. The van der Waals surface area contributed by atoms with Crippen LogP contribution in [0.15, 0.2) is 22.7 Å². The number of allylic oxidation sites excluding steroid dienone is 4. The molecule has 110 valence electrons. The van der Waals surface area contributed by atoms with Crippen molar-refractivity contribution >= 4 is 15.9 Å². The highest BCUT2D eigenvalue weighted by molar-refractivity contribution is 9.11. The second kappa shape index (κ2) is 4.48. The van der Waals surface area contributed by atoms with Gasteiger partial charge >= 0.3 is 0 Å². The third-order valence-corrected chi connectivity index (χ3v) is 8.93. The predicted octanol–water partition coefficient (Wildman–Crippen LogP) is 6.08. The van der Waals surface area contributed by atoms with Crippen molar-refractivity contribution in [2.45, 2.75) is 58.8 Å². The lowest BCUT2D eigenvalue weighted by atomic mass is 9.46. The molecule has 0 unspecified atom stereocenters. The Bertz CT molecular complexity index is 476. The summed E-state index contributed by atoms with van der Waals surface area (Å²) in [5.74, 6) is 3.85. The summed E-state index contributed by atoms with van der Waals surface area (Å²) in [7, 11) is 0. The van der Waals surface area contributed by atoms with E-state index in [1.807, 2.05) is 0 Å². The smallest absolute Gasteiger partial charge is 0.00216 e. The zero-order valence-electron chi connectivity index (χ0n) is 12.9. The summed E-state index contributed by atoms with van der Waals surface area (Å²) in [6.07, 6.45) is 17.3. The summed E-state index contributed by atoms with van der Waals surface area (Å²) >= 11 is 3.88. The fourth-order valence-electron chi connectivity index (χ4n) is 6.35. The Morgan fingerprint density at radius 1 is 1.05 bits per heavy atom. The third kappa shape index (κ3) is 1.65. The zero-order chi connectivity index (χ0) is 14.0. The van der Waals surface area contributed by atoms with Crippen molar-refractivity contribution < 1.29 is 0 Å². The molecule has 2 saturated carbocycles. The van der Waals surface area contributed by atoms with E-state index in [0.717, 1.165) is 23.7 Å². The van der Waals surface area contributed by atoms with Crippen molar-refractivity contribution in [1.82, 2.24) is 0 Å². The van der Waals surface area contributed by atoms with Crippen LogP contribution in [0.25, 0.3) is 0 Å². The highest BCUT2D eigenvalue weighted by Gasteiger charge is 2.57. The molecule has 20 heavy (non-hydrogen) atoms. The molecule has 0 amide bonds. The van der Waals surface area contributed by atoms with Crippen molar-refractivity contribution in [3.63, 3.8) is 0 Å². The van der Waals surface area contributed by atoms with Gasteiger partial charge in [0, 0.05) is 5.41 Å². The summed E-state index contributed by atoms with van der Waals surface area (Å²) in [4.78, 5) is 0. The van der Waals surface area contributed by atoms with Crippen LogP contribution in [-0.4, -0.2) is 0 Å². The zero-order valence-corrected chi connectivity index (χ0v) is 14.5. The van der Waals surface area contributed by atoms with E-state index in [0.29, 0.717) is 10.8 Å². The topological polar surface area (TPSA) is 0 Å². The standard InChI is InChI=1S/C19H27Br/c1-18-11-4-3-5-13(18)6-7-14-15-8-9-17(20)19(15,2)12-10-16(14)18/h3-4,9,13-16H,5-8,10-12H2,1-2H3/t13-,14+,15+,16+,18+,19+/m1/s1. The molecule has 0 aromatic carbocycles. The Hall–Kier alpha value is -0.0400. The molecular weight excluding hydrogens is 308 g/mol. The molecule has 0 N–H and O–H groups in total. The summed E-state index contributed by atoms with van der Waals surface area (Å²) in [5.41, 5.74) is 1.07. The minimum Gasteiger partial charge on any atom is -0.0882 e. The van der Waals surface area contributed by atoms with Gasteiger partial charge in [-0.3, -0.25) is 0 Å². The van der Waals surface area contributed by atoms with Crippen LogP contribution >= 0.6 is 15.9 Å². The molecule has 0 aromatic heterocycles. The Kier molecular flexibility index (Phi) is 3.05. The van der Waals surface area contributed by atoms with E-state index >= 15 is 0 Å². The van der Waals surface area contributed by atoms with Crippen molar-refractivity contribution in [3.8, 4) is 0 Å². The molecule has 0 saturated heterocycles. The van der Waals surface area contributed by atoms with Gasteiger partial charge in [0.25, 0.3) is 0 Å². The number of fused-ring (bicyclic) bond motifs is 5.